The van der Waals surface area contributed by atoms with E-state index >= 15 is 0 Å². The number of alkyl halides is 3. The summed E-state index contributed by atoms with van der Waals surface area (Å²) in [6.07, 6.45) is -2.35. The van der Waals surface area contributed by atoms with Crippen molar-refractivity contribution in [1.82, 2.24) is 10.3 Å². The molecular formula is C17H18F3N3O2. The number of nitrogens with one attached hydrogen (secondary N) is 2. The molecule has 0 bridgehead atoms. The van der Waals surface area contributed by atoms with Crippen molar-refractivity contribution in [3.05, 3.63) is 53.9 Å². The Morgan fingerprint density at radius 3 is 2.68 bits per heavy atom. The van der Waals surface area contributed by atoms with Gasteiger partial charge in [0, 0.05) is 24.9 Å². The lowest BCUT2D eigenvalue weighted by molar-refractivity contribution is -0.137. The fraction of sp³-hybridized carbons (Fsp3) is 0.294. The zero-order chi connectivity index (χ0) is 18.3. The number of hydrogen-bond donors (Lipinski definition) is 2. The van der Waals surface area contributed by atoms with Crippen LogP contribution in [0.3, 0.4) is 0 Å². The topological polar surface area (TPSA) is 63.2 Å². The average Bonchev–Trinajstić information content (AvgIpc) is 2.56. The number of halogens is 3. The molecule has 0 saturated heterocycles. The minimum Gasteiger partial charge on any atom is -0.492 e. The molecule has 0 spiro atoms. The summed E-state index contributed by atoms with van der Waals surface area (Å²) in [5.41, 5.74) is -0.0939. The number of ether oxygens (including phenoxy) is 1. The number of rotatable bonds is 6. The molecular weight excluding hydrogens is 335 g/mol. The first-order valence-corrected chi connectivity index (χ1v) is 7.69. The summed E-state index contributed by atoms with van der Waals surface area (Å²) in [4.78, 5) is 16.1. The maximum absolute atomic E-state index is 12.8. The fourth-order valence-electron chi connectivity index (χ4n) is 2.10. The third-order valence-corrected chi connectivity index (χ3v) is 3.25. The molecule has 2 amide bonds. The van der Waals surface area contributed by atoms with E-state index in [1.54, 1.807) is 19.2 Å². The Morgan fingerprint density at radius 1 is 1.24 bits per heavy atom. The second-order valence-electron chi connectivity index (χ2n) is 5.09. The minimum atomic E-state index is -4.50. The molecule has 2 N–H and O–H groups in total. The number of hydrogen-bond acceptors (Lipinski definition) is 3. The number of nitrogens with zero attached hydrogens (tertiary/aromatic N) is 1. The number of carbonyl (C=O) groups excluding carboxylic acids is 1. The Labute approximate surface area is 143 Å². The molecule has 0 saturated carbocycles. The van der Waals surface area contributed by atoms with E-state index in [0.717, 1.165) is 17.8 Å². The van der Waals surface area contributed by atoms with Gasteiger partial charge >= 0.3 is 12.2 Å². The zero-order valence-corrected chi connectivity index (χ0v) is 13.6. The van der Waals surface area contributed by atoms with Gasteiger partial charge in [0.1, 0.15) is 5.75 Å². The number of benzene rings is 1. The summed E-state index contributed by atoms with van der Waals surface area (Å²) in [7, 11) is 0. The van der Waals surface area contributed by atoms with E-state index in [0.29, 0.717) is 13.0 Å². The van der Waals surface area contributed by atoms with Crippen molar-refractivity contribution in [1.29, 1.82) is 0 Å². The van der Waals surface area contributed by atoms with Crippen LogP contribution < -0.4 is 15.4 Å². The van der Waals surface area contributed by atoms with Crippen LogP contribution in [0.5, 0.6) is 5.75 Å². The van der Waals surface area contributed by atoms with Crippen molar-refractivity contribution in [2.45, 2.75) is 19.5 Å². The molecule has 0 atom stereocenters. The highest BCUT2D eigenvalue weighted by atomic mass is 19.4. The van der Waals surface area contributed by atoms with Gasteiger partial charge in [-0.3, -0.25) is 4.98 Å². The molecule has 2 aromatic rings. The van der Waals surface area contributed by atoms with Crippen molar-refractivity contribution in [3.63, 3.8) is 0 Å². The molecule has 0 aliphatic rings. The molecule has 134 valence electrons. The summed E-state index contributed by atoms with van der Waals surface area (Å²) < 4.78 is 43.8. The normalized spacial score (nSPS) is 11.0. The van der Waals surface area contributed by atoms with Crippen molar-refractivity contribution >= 4 is 11.7 Å². The first-order chi connectivity index (χ1) is 11.9. The molecule has 1 aromatic heterocycles. The van der Waals surface area contributed by atoms with Gasteiger partial charge in [0.2, 0.25) is 0 Å². The molecule has 2 rings (SSSR count). The Morgan fingerprint density at radius 2 is 2.04 bits per heavy atom. The average molecular weight is 353 g/mol. The number of anilines is 1. The van der Waals surface area contributed by atoms with E-state index in [1.807, 2.05) is 12.1 Å². The maximum atomic E-state index is 12.8. The quantitative estimate of drug-likeness (QED) is 0.829. The van der Waals surface area contributed by atoms with E-state index in [-0.39, 0.29) is 18.0 Å². The molecule has 0 aliphatic carbocycles. The highest BCUT2D eigenvalue weighted by Gasteiger charge is 2.31. The Balaban J connectivity index is 2.00. The smallest absolute Gasteiger partial charge is 0.416 e. The minimum absolute atomic E-state index is 0.0352. The summed E-state index contributed by atoms with van der Waals surface area (Å²) in [5.74, 6) is 0.176. The standard InChI is InChI=1S/C17H18F3N3O2/c1-2-25-15-7-6-12(17(18,19)20)11-14(15)23-16(24)22-10-8-13-5-3-4-9-21-13/h3-7,9,11H,2,8,10H2,1H3,(H2,22,23,24). The Hall–Kier alpha value is -2.77. The van der Waals surface area contributed by atoms with Crippen LogP contribution in [0.15, 0.2) is 42.6 Å². The molecule has 1 heterocycles. The lowest BCUT2D eigenvalue weighted by Crippen LogP contribution is -2.30. The SMILES string of the molecule is CCOc1ccc(C(F)(F)F)cc1NC(=O)NCCc1ccccn1. The largest absolute Gasteiger partial charge is 0.492 e. The number of urea groups is 1. The van der Waals surface area contributed by atoms with Crippen molar-refractivity contribution < 1.29 is 22.7 Å². The second kappa shape index (κ2) is 8.36. The predicted molar refractivity (Wildman–Crippen MR) is 87.6 cm³/mol. The van der Waals surface area contributed by atoms with Crippen LogP contribution in [0, 0.1) is 0 Å². The molecule has 0 unspecified atom stereocenters. The Bertz CT molecular complexity index is 706. The van der Waals surface area contributed by atoms with Gasteiger partial charge in [0.25, 0.3) is 0 Å². The lowest BCUT2D eigenvalue weighted by Gasteiger charge is -2.15. The van der Waals surface area contributed by atoms with Gasteiger partial charge in [-0.15, -0.1) is 0 Å². The molecule has 5 nitrogen and oxygen atoms in total. The van der Waals surface area contributed by atoms with Crippen molar-refractivity contribution in [2.75, 3.05) is 18.5 Å². The molecule has 8 heteroatoms. The second-order valence-corrected chi connectivity index (χ2v) is 5.09. The molecule has 0 aliphatic heterocycles. The van der Waals surface area contributed by atoms with Crippen LogP contribution in [0.1, 0.15) is 18.2 Å². The van der Waals surface area contributed by atoms with E-state index in [9.17, 15) is 18.0 Å². The van der Waals surface area contributed by atoms with Crippen LogP contribution in [0.2, 0.25) is 0 Å². The van der Waals surface area contributed by atoms with Gasteiger partial charge in [-0.25, -0.2) is 4.79 Å². The number of amides is 2. The van der Waals surface area contributed by atoms with Crippen molar-refractivity contribution in [2.24, 2.45) is 0 Å². The van der Waals surface area contributed by atoms with E-state index in [2.05, 4.69) is 15.6 Å². The van der Waals surface area contributed by atoms with Gasteiger partial charge < -0.3 is 15.4 Å². The summed E-state index contributed by atoms with van der Waals surface area (Å²) in [6.45, 7) is 2.27. The summed E-state index contributed by atoms with van der Waals surface area (Å²) in [5, 5.41) is 4.98. The summed E-state index contributed by atoms with van der Waals surface area (Å²) in [6, 6.07) is 7.77. The van der Waals surface area contributed by atoms with Crippen LogP contribution in [0.4, 0.5) is 23.7 Å². The van der Waals surface area contributed by atoms with Crippen LogP contribution in [-0.2, 0) is 12.6 Å². The molecule has 25 heavy (non-hydrogen) atoms. The fourth-order valence-corrected chi connectivity index (χ4v) is 2.10. The molecule has 1 aromatic carbocycles. The van der Waals surface area contributed by atoms with Crippen LogP contribution in [-0.4, -0.2) is 24.2 Å². The number of aromatic nitrogens is 1. The third-order valence-electron chi connectivity index (χ3n) is 3.25. The monoisotopic (exact) mass is 353 g/mol. The number of carbonyl (C=O) groups is 1. The lowest BCUT2D eigenvalue weighted by atomic mass is 10.2. The van der Waals surface area contributed by atoms with Gasteiger partial charge in [-0.05, 0) is 37.3 Å². The van der Waals surface area contributed by atoms with E-state index < -0.39 is 17.8 Å². The van der Waals surface area contributed by atoms with Crippen LogP contribution >= 0.6 is 0 Å². The van der Waals surface area contributed by atoms with Crippen molar-refractivity contribution in [3.8, 4) is 5.75 Å². The zero-order valence-electron chi connectivity index (χ0n) is 13.6. The predicted octanol–water partition coefficient (Wildman–Crippen LogP) is 3.86. The summed E-state index contributed by atoms with van der Waals surface area (Å²) >= 11 is 0. The first-order valence-electron chi connectivity index (χ1n) is 7.69. The highest BCUT2D eigenvalue weighted by molar-refractivity contribution is 5.91. The maximum Gasteiger partial charge on any atom is 0.416 e. The van der Waals surface area contributed by atoms with Gasteiger partial charge in [-0.2, -0.15) is 13.2 Å². The van der Waals surface area contributed by atoms with Crippen LogP contribution in [0.25, 0.3) is 0 Å². The molecule has 0 fully saturated rings. The van der Waals surface area contributed by atoms with Gasteiger partial charge in [0.15, 0.2) is 0 Å². The van der Waals surface area contributed by atoms with Gasteiger partial charge in [-0.1, -0.05) is 6.07 Å². The van der Waals surface area contributed by atoms with E-state index in [4.69, 9.17) is 4.74 Å². The van der Waals surface area contributed by atoms with Gasteiger partial charge in [0.05, 0.1) is 17.9 Å². The molecule has 0 radical (unpaired) electrons. The Kier molecular flexibility index (Phi) is 6.21. The number of pyridine rings is 1. The van der Waals surface area contributed by atoms with E-state index in [1.165, 1.54) is 6.07 Å². The highest BCUT2D eigenvalue weighted by Crippen LogP contribution is 2.35. The third kappa shape index (κ3) is 5.66. The first kappa shape index (κ1) is 18.6.